The zero-order valence-corrected chi connectivity index (χ0v) is 13.5. The zero-order chi connectivity index (χ0) is 17.3. The highest BCUT2D eigenvalue weighted by Gasteiger charge is 2.33. The lowest BCUT2D eigenvalue weighted by Gasteiger charge is -2.27. The molecule has 3 rings (SSSR count). The van der Waals surface area contributed by atoms with Crippen LogP contribution in [0.4, 0.5) is 5.69 Å². The molecule has 0 bridgehead atoms. The van der Waals surface area contributed by atoms with Crippen LogP contribution in [0.5, 0.6) is 11.5 Å². The quantitative estimate of drug-likeness (QED) is 0.870. The van der Waals surface area contributed by atoms with E-state index in [2.05, 4.69) is 5.32 Å². The third-order valence-electron chi connectivity index (χ3n) is 3.68. The highest BCUT2D eigenvalue weighted by atomic mass is 32.2. The van der Waals surface area contributed by atoms with Crippen molar-refractivity contribution in [2.24, 2.45) is 0 Å². The standard InChI is InChI=1S/C16H15NO6S/c1-22-13-7-6-10(8-11(13)16(18)19)24(20,21)15-9-17-12-4-2-3-5-14(12)23-15/h2-8,15,17H,9H2,1H3,(H,18,19). The van der Waals surface area contributed by atoms with Crippen molar-refractivity contribution in [3.8, 4) is 11.5 Å². The number of carbonyl (C=O) groups is 1. The van der Waals surface area contributed by atoms with Crippen LogP contribution in [0.3, 0.4) is 0 Å². The second-order valence-electron chi connectivity index (χ2n) is 5.14. The third kappa shape index (κ3) is 2.76. The molecule has 0 saturated heterocycles. The molecule has 1 aliphatic heterocycles. The van der Waals surface area contributed by atoms with Crippen molar-refractivity contribution in [2.45, 2.75) is 10.3 Å². The molecule has 126 valence electrons. The average Bonchev–Trinajstić information content (AvgIpc) is 2.60. The van der Waals surface area contributed by atoms with Gasteiger partial charge in [0, 0.05) is 0 Å². The van der Waals surface area contributed by atoms with E-state index in [1.807, 2.05) is 6.07 Å². The number of hydrogen-bond acceptors (Lipinski definition) is 6. The minimum atomic E-state index is -3.89. The first-order chi connectivity index (χ1) is 11.4. The normalized spacial score (nSPS) is 16.5. The first-order valence-corrected chi connectivity index (χ1v) is 8.63. The van der Waals surface area contributed by atoms with Crippen molar-refractivity contribution in [1.82, 2.24) is 0 Å². The first kappa shape index (κ1) is 16.1. The molecule has 0 radical (unpaired) electrons. The Kier molecular flexibility index (Phi) is 4.06. The average molecular weight is 349 g/mol. The summed E-state index contributed by atoms with van der Waals surface area (Å²) >= 11 is 0. The largest absolute Gasteiger partial charge is 0.496 e. The van der Waals surface area contributed by atoms with E-state index in [0.29, 0.717) is 11.4 Å². The van der Waals surface area contributed by atoms with Gasteiger partial charge in [0.25, 0.3) is 0 Å². The van der Waals surface area contributed by atoms with Gasteiger partial charge >= 0.3 is 5.97 Å². The number of anilines is 1. The lowest BCUT2D eigenvalue weighted by Crippen LogP contribution is -2.37. The summed E-state index contributed by atoms with van der Waals surface area (Å²) in [4.78, 5) is 11.1. The monoisotopic (exact) mass is 349 g/mol. The highest BCUT2D eigenvalue weighted by Crippen LogP contribution is 2.32. The number of sulfone groups is 1. The van der Waals surface area contributed by atoms with Crippen LogP contribution in [0, 0.1) is 0 Å². The van der Waals surface area contributed by atoms with Crippen molar-refractivity contribution in [1.29, 1.82) is 0 Å². The molecule has 2 aromatic carbocycles. The van der Waals surface area contributed by atoms with Crippen LogP contribution in [0.1, 0.15) is 10.4 Å². The summed E-state index contributed by atoms with van der Waals surface area (Å²) in [5.74, 6) is -0.740. The molecule has 1 heterocycles. The first-order valence-electron chi connectivity index (χ1n) is 7.08. The number of hydrogen-bond donors (Lipinski definition) is 2. The topological polar surface area (TPSA) is 102 Å². The van der Waals surface area contributed by atoms with E-state index in [4.69, 9.17) is 9.47 Å². The van der Waals surface area contributed by atoms with Gasteiger partial charge in [-0.25, -0.2) is 13.2 Å². The lowest BCUT2D eigenvalue weighted by molar-refractivity contribution is 0.0693. The minimum Gasteiger partial charge on any atom is -0.496 e. The van der Waals surface area contributed by atoms with Crippen LogP contribution in [0.2, 0.25) is 0 Å². The van der Waals surface area contributed by atoms with Crippen molar-refractivity contribution < 1.29 is 27.8 Å². The number of carboxylic acid groups (broad SMARTS) is 1. The van der Waals surface area contributed by atoms with E-state index in [-0.39, 0.29) is 22.8 Å². The summed E-state index contributed by atoms with van der Waals surface area (Å²) in [5.41, 5.74) is -0.657. The number of fused-ring (bicyclic) bond motifs is 1. The van der Waals surface area contributed by atoms with Gasteiger partial charge in [-0.3, -0.25) is 0 Å². The molecule has 0 saturated carbocycles. The molecule has 1 atom stereocenters. The minimum absolute atomic E-state index is 0.0633. The number of para-hydroxylation sites is 2. The highest BCUT2D eigenvalue weighted by molar-refractivity contribution is 7.92. The Labute approximate surface area is 138 Å². The molecule has 24 heavy (non-hydrogen) atoms. The van der Waals surface area contributed by atoms with Gasteiger partial charge in [0.1, 0.15) is 17.1 Å². The molecular weight excluding hydrogens is 334 g/mol. The van der Waals surface area contributed by atoms with Gasteiger partial charge < -0.3 is 19.9 Å². The van der Waals surface area contributed by atoms with Crippen molar-refractivity contribution in [3.05, 3.63) is 48.0 Å². The van der Waals surface area contributed by atoms with Crippen LogP contribution < -0.4 is 14.8 Å². The molecule has 0 aromatic heterocycles. The molecule has 0 fully saturated rings. The van der Waals surface area contributed by atoms with Gasteiger partial charge in [-0.15, -0.1) is 0 Å². The second kappa shape index (κ2) is 6.04. The second-order valence-corrected chi connectivity index (χ2v) is 7.22. The van der Waals surface area contributed by atoms with E-state index < -0.39 is 21.2 Å². The molecule has 1 unspecified atom stereocenters. The molecule has 8 heteroatoms. The molecule has 1 aliphatic rings. The van der Waals surface area contributed by atoms with Crippen LogP contribution in [-0.2, 0) is 9.84 Å². The Morgan fingerprint density at radius 2 is 2.04 bits per heavy atom. The Bertz CT molecular complexity index is 893. The van der Waals surface area contributed by atoms with Crippen molar-refractivity contribution in [2.75, 3.05) is 19.0 Å². The van der Waals surface area contributed by atoms with Crippen molar-refractivity contribution >= 4 is 21.5 Å². The van der Waals surface area contributed by atoms with Gasteiger partial charge in [-0.2, -0.15) is 0 Å². The molecule has 0 aliphatic carbocycles. The van der Waals surface area contributed by atoms with Gasteiger partial charge in [0.15, 0.2) is 0 Å². The zero-order valence-electron chi connectivity index (χ0n) is 12.7. The number of rotatable bonds is 4. The van der Waals surface area contributed by atoms with E-state index in [9.17, 15) is 18.3 Å². The molecule has 7 nitrogen and oxygen atoms in total. The summed E-state index contributed by atoms with van der Waals surface area (Å²) in [5, 5.41) is 12.2. The number of nitrogens with one attached hydrogen (secondary N) is 1. The van der Waals surface area contributed by atoms with Crippen LogP contribution in [0.15, 0.2) is 47.4 Å². The van der Waals surface area contributed by atoms with E-state index in [1.165, 1.54) is 19.2 Å². The molecule has 0 spiro atoms. The fourth-order valence-electron chi connectivity index (χ4n) is 2.45. The van der Waals surface area contributed by atoms with E-state index in [1.54, 1.807) is 18.2 Å². The van der Waals surface area contributed by atoms with Crippen LogP contribution in [-0.4, -0.2) is 38.6 Å². The summed E-state index contributed by atoms with van der Waals surface area (Å²) in [6.07, 6.45) is 0. The summed E-state index contributed by atoms with van der Waals surface area (Å²) < 4.78 is 36.1. The van der Waals surface area contributed by atoms with Gasteiger partial charge in [0.2, 0.25) is 15.3 Å². The smallest absolute Gasteiger partial charge is 0.339 e. The molecular formula is C16H15NO6S. The van der Waals surface area contributed by atoms with Gasteiger partial charge in [-0.1, -0.05) is 12.1 Å². The van der Waals surface area contributed by atoms with Crippen molar-refractivity contribution in [3.63, 3.8) is 0 Å². The number of aromatic carboxylic acids is 1. The Hall–Kier alpha value is -2.74. The van der Waals surface area contributed by atoms with E-state index >= 15 is 0 Å². The third-order valence-corrected chi connectivity index (χ3v) is 5.55. The fraction of sp³-hybridized carbons (Fsp3) is 0.188. The Morgan fingerprint density at radius 1 is 1.29 bits per heavy atom. The predicted octanol–water partition coefficient (Wildman–Crippen LogP) is 2.00. The summed E-state index contributed by atoms with van der Waals surface area (Å²) in [6, 6.07) is 10.7. The predicted molar refractivity (Wildman–Crippen MR) is 86.5 cm³/mol. The van der Waals surface area contributed by atoms with Crippen LogP contribution in [0.25, 0.3) is 0 Å². The number of benzene rings is 2. The molecule has 0 amide bonds. The number of ether oxygens (including phenoxy) is 2. The summed E-state index contributed by atoms with van der Waals surface area (Å²) in [6.45, 7) is 0.0633. The maximum atomic E-state index is 12.8. The van der Waals surface area contributed by atoms with E-state index in [0.717, 1.165) is 6.07 Å². The van der Waals surface area contributed by atoms with Gasteiger partial charge in [-0.05, 0) is 30.3 Å². The SMILES string of the molecule is COc1ccc(S(=O)(=O)C2CNc3ccccc3O2)cc1C(=O)O. The molecule has 2 N–H and O–H groups in total. The number of methoxy groups -OCH3 is 1. The van der Waals surface area contributed by atoms with Crippen LogP contribution >= 0.6 is 0 Å². The number of carboxylic acids is 1. The Morgan fingerprint density at radius 3 is 2.75 bits per heavy atom. The maximum absolute atomic E-state index is 12.8. The Balaban J connectivity index is 1.97. The maximum Gasteiger partial charge on any atom is 0.339 e. The summed E-state index contributed by atoms with van der Waals surface area (Å²) in [7, 11) is -2.57. The fourth-order valence-corrected chi connectivity index (χ4v) is 3.82. The van der Waals surface area contributed by atoms with Gasteiger partial charge in [0.05, 0.1) is 24.2 Å². The molecule has 2 aromatic rings. The lowest BCUT2D eigenvalue weighted by atomic mass is 10.2.